The molecule has 7 heteroatoms. The highest BCUT2D eigenvalue weighted by molar-refractivity contribution is 5.95. The lowest BCUT2D eigenvalue weighted by atomic mass is 10.1. The molecule has 0 amide bonds. The molecule has 0 saturated heterocycles. The molecule has 0 radical (unpaired) electrons. The van der Waals surface area contributed by atoms with E-state index in [0.717, 1.165) is 33.4 Å². The lowest BCUT2D eigenvalue weighted by Gasteiger charge is -2.09. The van der Waals surface area contributed by atoms with Gasteiger partial charge in [-0.15, -0.1) is 10.2 Å². The highest BCUT2D eigenvalue weighted by atomic mass is 16.5. The maximum atomic E-state index is 5.64. The largest absolute Gasteiger partial charge is 0.497 e. The monoisotopic (exact) mass is 378 g/mol. The number of hydrogen-bond acceptors (Lipinski definition) is 6. The van der Waals surface area contributed by atoms with Crippen molar-refractivity contribution in [2.45, 2.75) is 6.42 Å². The number of ether oxygens (including phenoxy) is 3. The van der Waals surface area contributed by atoms with Crippen molar-refractivity contribution in [1.29, 1.82) is 0 Å². The molecule has 7 nitrogen and oxygen atoms in total. The van der Waals surface area contributed by atoms with Crippen molar-refractivity contribution >= 4 is 16.4 Å². The highest BCUT2D eigenvalue weighted by Gasteiger charge is 2.15. The molecule has 0 aliphatic carbocycles. The predicted octanol–water partition coefficient (Wildman–Crippen LogP) is 3.16. The topological polar surface area (TPSA) is 70.8 Å². The summed E-state index contributed by atoms with van der Waals surface area (Å²) < 4.78 is 17.7. The molecular formula is C21H22N4O3. The third kappa shape index (κ3) is 3.54. The fraction of sp³-hybridized carbons (Fsp3) is 0.286. The molecule has 2 aromatic carbocycles. The first kappa shape index (κ1) is 18.3. The van der Waals surface area contributed by atoms with E-state index >= 15 is 0 Å². The van der Waals surface area contributed by atoms with E-state index in [1.807, 2.05) is 47.0 Å². The minimum absolute atomic E-state index is 0.570. The van der Waals surface area contributed by atoms with Crippen LogP contribution in [0, 0.1) is 0 Å². The van der Waals surface area contributed by atoms with Gasteiger partial charge in [0.15, 0.2) is 11.5 Å². The van der Waals surface area contributed by atoms with Crippen LogP contribution < -0.4 is 4.74 Å². The molecule has 0 saturated carbocycles. The number of methoxy groups -OCH3 is 2. The van der Waals surface area contributed by atoms with E-state index < -0.39 is 0 Å². The van der Waals surface area contributed by atoms with E-state index in [4.69, 9.17) is 19.3 Å². The van der Waals surface area contributed by atoms with Crippen LogP contribution in [0.5, 0.6) is 5.75 Å². The van der Waals surface area contributed by atoms with Crippen molar-refractivity contribution in [3.8, 4) is 17.1 Å². The van der Waals surface area contributed by atoms with Gasteiger partial charge < -0.3 is 14.2 Å². The molecule has 2 aromatic heterocycles. The Morgan fingerprint density at radius 3 is 2.39 bits per heavy atom. The van der Waals surface area contributed by atoms with Crippen molar-refractivity contribution in [2.24, 2.45) is 0 Å². The van der Waals surface area contributed by atoms with Gasteiger partial charge in [0.2, 0.25) is 0 Å². The van der Waals surface area contributed by atoms with Crippen molar-refractivity contribution in [1.82, 2.24) is 19.8 Å². The van der Waals surface area contributed by atoms with Crippen LogP contribution in [0.2, 0.25) is 0 Å². The summed E-state index contributed by atoms with van der Waals surface area (Å²) in [6.45, 7) is 1.73. The minimum Gasteiger partial charge on any atom is -0.497 e. The first-order chi connectivity index (χ1) is 13.8. The fourth-order valence-electron chi connectivity index (χ4n) is 3.16. The molecule has 0 fully saturated rings. The number of nitrogens with zero attached hydrogens (tertiary/aromatic N) is 4. The van der Waals surface area contributed by atoms with E-state index in [1.54, 1.807) is 14.2 Å². The number of rotatable bonds is 8. The number of benzene rings is 2. The maximum absolute atomic E-state index is 5.64. The lowest BCUT2D eigenvalue weighted by molar-refractivity contribution is 0.0720. The van der Waals surface area contributed by atoms with Crippen LogP contribution in [0.3, 0.4) is 0 Å². The Bertz CT molecular complexity index is 1080. The predicted molar refractivity (Wildman–Crippen MR) is 107 cm³/mol. The Morgan fingerprint density at radius 1 is 0.857 bits per heavy atom. The van der Waals surface area contributed by atoms with Crippen LogP contribution in [0.4, 0.5) is 0 Å². The van der Waals surface area contributed by atoms with Crippen LogP contribution in [0.15, 0.2) is 48.5 Å². The summed E-state index contributed by atoms with van der Waals surface area (Å²) in [6, 6.07) is 15.9. The van der Waals surface area contributed by atoms with Gasteiger partial charge in [0.25, 0.3) is 0 Å². The molecule has 4 aromatic rings. The fourth-order valence-corrected chi connectivity index (χ4v) is 3.16. The van der Waals surface area contributed by atoms with Gasteiger partial charge in [0.05, 0.1) is 32.6 Å². The average molecular weight is 378 g/mol. The number of fused-ring (bicyclic) bond motifs is 3. The Balaban J connectivity index is 1.75. The zero-order valence-electron chi connectivity index (χ0n) is 16.0. The molecule has 0 aliphatic rings. The smallest absolute Gasteiger partial charge is 0.186 e. The molecule has 0 unspecified atom stereocenters. The van der Waals surface area contributed by atoms with Gasteiger partial charge in [0, 0.05) is 29.9 Å². The van der Waals surface area contributed by atoms with Gasteiger partial charge in [-0.25, -0.2) is 0 Å². The summed E-state index contributed by atoms with van der Waals surface area (Å²) >= 11 is 0. The second kappa shape index (κ2) is 8.33. The average Bonchev–Trinajstić information content (AvgIpc) is 3.17. The van der Waals surface area contributed by atoms with Crippen LogP contribution in [0.1, 0.15) is 5.69 Å². The van der Waals surface area contributed by atoms with Crippen LogP contribution in [-0.2, 0) is 15.9 Å². The third-order valence-electron chi connectivity index (χ3n) is 4.60. The zero-order valence-corrected chi connectivity index (χ0v) is 16.0. The summed E-state index contributed by atoms with van der Waals surface area (Å²) in [5.74, 6) is 1.50. The second-order valence-electron chi connectivity index (χ2n) is 6.33. The molecular weight excluding hydrogens is 356 g/mol. The van der Waals surface area contributed by atoms with Crippen molar-refractivity contribution in [3.05, 3.63) is 54.2 Å². The Morgan fingerprint density at radius 2 is 1.64 bits per heavy atom. The first-order valence-corrected chi connectivity index (χ1v) is 9.16. The summed E-state index contributed by atoms with van der Waals surface area (Å²) in [5.41, 5.74) is 2.62. The third-order valence-corrected chi connectivity index (χ3v) is 4.60. The second-order valence-corrected chi connectivity index (χ2v) is 6.33. The van der Waals surface area contributed by atoms with Crippen molar-refractivity contribution < 1.29 is 14.2 Å². The van der Waals surface area contributed by atoms with Gasteiger partial charge in [-0.1, -0.05) is 24.3 Å². The molecule has 2 heterocycles. The lowest BCUT2D eigenvalue weighted by Crippen LogP contribution is -2.08. The molecule has 0 N–H and O–H groups in total. The number of hydrogen-bond donors (Lipinski definition) is 0. The van der Waals surface area contributed by atoms with Gasteiger partial charge in [-0.2, -0.15) is 9.61 Å². The minimum atomic E-state index is 0.570. The molecule has 0 atom stereocenters. The molecule has 0 aliphatic heterocycles. The van der Waals surface area contributed by atoms with Crippen LogP contribution in [-0.4, -0.2) is 53.9 Å². The van der Waals surface area contributed by atoms with E-state index in [-0.39, 0.29) is 0 Å². The first-order valence-electron chi connectivity index (χ1n) is 9.16. The molecule has 4 rings (SSSR count). The molecule has 0 bridgehead atoms. The van der Waals surface area contributed by atoms with E-state index in [0.29, 0.717) is 32.1 Å². The van der Waals surface area contributed by atoms with E-state index in [9.17, 15) is 0 Å². The van der Waals surface area contributed by atoms with Crippen LogP contribution in [0.25, 0.3) is 27.8 Å². The maximum Gasteiger partial charge on any atom is 0.186 e. The Kier molecular flexibility index (Phi) is 5.45. The Labute approximate surface area is 162 Å². The highest BCUT2D eigenvalue weighted by Crippen LogP contribution is 2.26. The van der Waals surface area contributed by atoms with E-state index in [2.05, 4.69) is 16.3 Å². The normalized spacial score (nSPS) is 11.4. The van der Waals surface area contributed by atoms with Crippen LogP contribution >= 0.6 is 0 Å². The van der Waals surface area contributed by atoms with Crippen molar-refractivity contribution in [2.75, 3.05) is 34.0 Å². The zero-order chi connectivity index (χ0) is 19.3. The van der Waals surface area contributed by atoms with Crippen molar-refractivity contribution in [3.63, 3.8) is 0 Å². The van der Waals surface area contributed by atoms with Gasteiger partial charge >= 0.3 is 0 Å². The summed E-state index contributed by atoms with van der Waals surface area (Å²) in [4.78, 5) is 0. The summed E-state index contributed by atoms with van der Waals surface area (Å²) in [7, 11) is 3.31. The van der Waals surface area contributed by atoms with E-state index in [1.165, 1.54) is 0 Å². The number of aromatic nitrogens is 4. The standard InChI is InChI=1S/C21H22N4O3/c1-26-13-14-28-12-11-19-17-5-3-4-6-18(17)21-23-22-20(25(21)24-19)15-7-9-16(27-2)10-8-15/h3-10H,11-14H2,1-2H3. The quantitative estimate of drug-likeness (QED) is 0.439. The summed E-state index contributed by atoms with van der Waals surface area (Å²) in [5, 5.41) is 15.7. The summed E-state index contributed by atoms with van der Waals surface area (Å²) in [6.07, 6.45) is 0.695. The van der Waals surface area contributed by atoms with Gasteiger partial charge in [-0.05, 0) is 24.3 Å². The molecule has 0 spiro atoms. The SMILES string of the molecule is COCCOCCc1nn2c(-c3ccc(OC)cc3)nnc2c2ccccc12. The molecule has 28 heavy (non-hydrogen) atoms. The van der Waals surface area contributed by atoms with Gasteiger partial charge in [-0.3, -0.25) is 0 Å². The molecule has 144 valence electrons. The van der Waals surface area contributed by atoms with Gasteiger partial charge in [0.1, 0.15) is 5.75 Å². The Hall–Kier alpha value is -3.03.